The highest BCUT2D eigenvalue weighted by atomic mass is 35.5. The molecule has 0 spiro atoms. The van der Waals surface area contributed by atoms with E-state index in [1.54, 1.807) is 0 Å². The quantitative estimate of drug-likeness (QED) is 0.752. The monoisotopic (exact) mass is 245 g/mol. The van der Waals surface area contributed by atoms with Crippen molar-refractivity contribution < 1.29 is 10.2 Å². The first kappa shape index (κ1) is 13.2. The largest absolute Gasteiger partial charge is 0.395 e. The second-order valence-corrected chi connectivity index (χ2v) is 3.99. The van der Waals surface area contributed by atoms with Gasteiger partial charge in [0.05, 0.1) is 18.8 Å². The smallest absolute Gasteiger partial charge is 0.140 e. The van der Waals surface area contributed by atoms with Gasteiger partial charge in [0, 0.05) is 12.6 Å². The highest BCUT2D eigenvalue weighted by molar-refractivity contribution is 6.30. The van der Waals surface area contributed by atoms with Gasteiger partial charge in [-0.3, -0.25) is 0 Å². The van der Waals surface area contributed by atoms with Crippen molar-refractivity contribution in [3.8, 4) is 0 Å². The predicted octanol–water partition coefficient (Wildman–Crippen LogP) is 0.829. The maximum absolute atomic E-state index is 9.24. The van der Waals surface area contributed by atoms with Crippen LogP contribution in [0.15, 0.2) is 6.33 Å². The first-order valence-corrected chi connectivity index (χ1v) is 5.47. The molecule has 5 nitrogen and oxygen atoms in total. The molecule has 1 aromatic heterocycles. The molecular formula is C10H16ClN3O2. The molecule has 90 valence electrons. The van der Waals surface area contributed by atoms with E-state index in [2.05, 4.69) is 9.97 Å². The van der Waals surface area contributed by atoms with Gasteiger partial charge in [0.15, 0.2) is 0 Å². The molecule has 0 aromatic carbocycles. The molecule has 0 bridgehead atoms. The van der Waals surface area contributed by atoms with E-state index in [4.69, 9.17) is 16.7 Å². The molecule has 0 aliphatic heterocycles. The van der Waals surface area contributed by atoms with Crippen LogP contribution in [0.2, 0.25) is 5.15 Å². The zero-order valence-electron chi connectivity index (χ0n) is 9.39. The van der Waals surface area contributed by atoms with Crippen molar-refractivity contribution in [1.82, 2.24) is 9.97 Å². The van der Waals surface area contributed by atoms with Gasteiger partial charge in [-0.1, -0.05) is 11.6 Å². The van der Waals surface area contributed by atoms with Crippen LogP contribution in [0.4, 0.5) is 5.82 Å². The van der Waals surface area contributed by atoms with Crippen LogP contribution in [0, 0.1) is 0 Å². The molecule has 0 atom stereocenters. The summed E-state index contributed by atoms with van der Waals surface area (Å²) in [7, 11) is 0. The Labute approximate surface area is 99.7 Å². The van der Waals surface area contributed by atoms with Gasteiger partial charge in [-0.05, 0) is 13.8 Å². The number of aromatic nitrogens is 2. The zero-order chi connectivity index (χ0) is 12.1. The molecule has 0 saturated heterocycles. The van der Waals surface area contributed by atoms with Crippen LogP contribution in [0.1, 0.15) is 19.4 Å². The number of halogens is 1. The third kappa shape index (κ3) is 2.81. The summed E-state index contributed by atoms with van der Waals surface area (Å²) in [5, 5.41) is 18.5. The standard InChI is InChI=1S/C10H16ClN3O2/c1-7(2)14(3-4-15)10-8(5-16)9(11)12-6-13-10/h6-7,15-16H,3-5H2,1-2H3. The molecule has 0 aliphatic rings. The number of anilines is 1. The first-order valence-electron chi connectivity index (χ1n) is 5.09. The van der Waals surface area contributed by atoms with Crippen LogP contribution in [0.25, 0.3) is 0 Å². The lowest BCUT2D eigenvalue weighted by molar-refractivity contribution is 0.279. The van der Waals surface area contributed by atoms with Crippen LogP contribution in [-0.2, 0) is 6.61 Å². The van der Waals surface area contributed by atoms with Crippen LogP contribution in [-0.4, -0.2) is 39.4 Å². The number of aliphatic hydroxyl groups excluding tert-OH is 2. The average molecular weight is 246 g/mol. The zero-order valence-corrected chi connectivity index (χ0v) is 10.1. The second-order valence-electron chi connectivity index (χ2n) is 3.64. The molecule has 6 heteroatoms. The third-order valence-corrected chi connectivity index (χ3v) is 2.59. The fraction of sp³-hybridized carbons (Fsp3) is 0.600. The van der Waals surface area contributed by atoms with Crippen molar-refractivity contribution in [2.45, 2.75) is 26.5 Å². The Bertz CT molecular complexity index is 347. The topological polar surface area (TPSA) is 69.5 Å². The van der Waals surface area contributed by atoms with E-state index in [0.29, 0.717) is 17.9 Å². The highest BCUT2D eigenvalue weighted by Gasteiger charge is 2.17. The molecule has 1 aromatic rings. The number of nitrogens with zero attached hydrogens (tertiary/aromatic N) is 3. The maximum atomic E-state index is 9.24. The minimum Gasteiger partial charge on any atom is -0.395 e. The normalized spacial score (nSPS) is 10.9. The number of hydrogen-bond acceptors (Lipinski definition) is 5. The van der Waals surface area contributed by atoms with E-state index < -0.39 is 0 Å². The van der Waals surface area contributed by atoms with Gasteiger partial charge >= 0.3 is 0 Å². The minimum absolute atomic E-state index is 0.0185. The molecule has 0 amide bonds. The molecule has 0 saturated carbocycles. The molecule has 16 heavy (non-hydrogen) atoms. The Morgan fingerprint density at radius 3 is 2.56 bits per heavy atom. The Kier molecular flexibility index (Phi) is 4.92. The summed E-state index contributed by atoms with van der Waals surface area (Å²) in [5.41, 5.74) is 0.492. The summed E-state index contributed by atoms with van der Waals surface area (Å²) in [6.07, 6.45) is 1.35. The van der Waals surface area contributed by atoms with Gasteiger partial charge in [-0.2, -0.15) is 0 Å². The molecule has 1 heterocycles. The lowest BCUT2D eigenvalue weighted by Gasteiger charge is -2.28. The molecule has 1 rings (SSSR count). The summed E-state index contributed by atoms with van der Waals surface area (Å²) in [4.78, 5) is 9.80. The predicted molar refractivity (Wildman–Crippen MR) is 62.5 cm³/mol. The van der Waals surface area contributed by atoms with Crippen molar-refractivity contribution in [2.75, 3.05) is 18.1 Å². The van der Waals surface area contributed by atoms with Gasteiger partial charge < -0.3 is 15.1 Å². The fourth-order valence-corrected chi connectivity index (χ4v) is 1.67. The van der Waals surface area contributed by atoms with Gasteiger partial charge in [0.1, 0.15) is 17.3 Å². The van der Waals surface area contributed by atoms with Gasteiger partial charge in [0.2, 0.25) is 0 Å². The molecule has 0 fully saturated rings. The molecule has 0 aliphatic carbocycles. The summed E-state index contributed by atoms with van der Waals surface area (Å²) in [5.74, 6) is 0.576. The van der Waals surface area contributed by atoms with E-state index in [9.17, 15) is 5.11 Å². The van der Waals surface area contributed by atoms with Crippen molar-refractivity contribution in [3.63, 3.8) is 0 Å². The van der Waals surface area contributed by atoms with Crippen LogP contribution < -0.4 is 4.90 Å². The van der Waals surface area contributed by atoms with Crippen molar-refractivity contribution in [1.29, 1.82) is 0 Å². The third-order valence-electron chi connectivity index (χ3n) is 2.26. The highest BCUT2D eigenvalue weighted by Crippen LogP contribution is 2.24. The molecule has 2 N–H and O–H groups in total. The van der Waals surface area contributed by atoms with Crippen molar-refractivity contribution >= 4 is 17.4 Å². The maximum Gasteiger partial charge on any atom is 0.140 e. The van der Waals surface area contributed by atoms with E-state index in [-0.39, 0.29) is 24.4 Å². The molecule has 0 unspecified atom stereocenters. The number of aliphatic hydroxyl groups is 2. The summed E-state index contributed by atoms with van der Waals surface area (Å²) in [6.45, 7) is 4.20. The lowest BCUT2D eigenvalue weighted by atomic mass is 10.2. The minimum atomic E-state index is -0.219. The van der Waals surface area contributed by atoms with Crippen LogP contribution in [0.3, 0.4) is 0 Å². The second kappa shape index (κ2) is 5.98. The number of hydrogen-bond donors (Lipinski definition) is 2. The van der Waals surface area contributed by atoms with Crippen LogP contribution >= 0.6 is 11.6 Å². The van der Waals surface area contributed by atoms with Gasteiger partial charge in [-0.15, -0.1) is 0 Å². The SMILES string of the molecule is CC(C)N(CCO)c1ncnc(Cl)c1CO. The molecule has 0 radical (unpaired) electrons. The lowest BCUT2D eigenvalue weighted by Crippen LogP contribution is -2.35. The number of rotatable bonds is 5. The molecular weight excluding hydrogens is 230 g/mol. The summed E-state index contributed by atoms with van der Waals surface area (Å²) < 4.78 is 0. The van der Waals surface area contributed by atoms with E-state index in [1.165, 1.54) is 6.33 Å². The Balaban J connectivity index is 3.12. The Morgan fingerprint density at radius 1 is 1.38 bits per heavy atom. The first-order chi connectivity index (χ1) is 7.61. The van der Waals surface area contributed by atoms with Crippen LogP contribution in [0.5, 0.6) is 0 Å². The van der Waals surface area contributed by atoms with E-state index in [0.717, 1.165) is 0 Å². The Hall–Kier alpha value is -0.910. The van der Waals surface area contributed by atoms with Crippen molar-refractivity contribution in [2.24, 2.45) is 0 Å². The van der Waals surface area contributed by atoms with Gasteiger partial charge in [-0.25, -0.2) is 9.97 Å². The van der Waals surface area contributed by atoms with E-state index >= 15 is 0 Å². The van der Waals surface area contributed by atoms with Crippen molar-refractivity contribution in [3.05, 3.63) is 17.0 Å². The summed E-state index contributed by atoms with van der Waals surface area (Å²) >= 11 is 5.88. The van der Waals surface area contributed by atoms with Gasteiger partial charge in [0.25, 0.3) is 0 Å². The Morgan fingerprint density at radius 2 is 2.06 bits per heavy atom. The fourth-order valence-electron chi connectivity index (χ4n) is 1.48. The average Bonchev–Trinajstić information content (AvgIpc) is 2.25. The summed E-state index contributed by atoms with van der Waals surface area (Å²) in [6, 6.07) is 0.156. The van der Waals surface area contributed by atoms with E-state index in [1.807, 2.05) is 18.7 Å².